The third-order valence-electron chi connectivity index (χ3n) is 3.60. The monoisotopic (exact) mass is 361 g/mol. The smallest absolute Gasteiger partial charge is 0.359 e. The van der Waals surface area contributed by atoms with E-state index in [1.165, 1.54) is 0 Å². The Morgan fingerprint density at radius 1 is 1.12 bits per heavy atom. The summed E-state index contributed by atoms with van der Waals surface area (Å²) in [5.41, 5.74) is 2.37. The van der Waals surface area contributed by atoms with E-state index in [9.17, 15) is 9.59 Å². The summed E-state index contributed by atoms with van der Waals surface area (Å²) in [5.74, 6) is -1.20. The zero-order chi connectivity index (χ0) is 18.6. The number of ether oxygens (including phenoxy) is 1. The van der Waals surface area contributed by atoms with Crippen LogP contribution in [0.4, 0.5) is 5.69 Å². The topological polar surface area (TPSA) is 81.2 Å². The summed E-state index contributed by atoms with van der Waals surface area (Å²) in [4.78, 5) is 33.4. The number of carbonyl (C=O) groups excluding carboxylic acids is 2. The van der Waals surface area contributed by atoms with Crippen LogP contribution in [-0.4, -0.2) is 28.5 Å². The van der Waals surface area contributed by atoms with Gasteiger partial charge in [0.05, 0.1) is 18.0 Å². The summed E-state index contributed by atoms with van der Waals surface area (Å²) in [6, 6.07) is 5.16. The Balaban J connectivity index is 2.39. The third kappa shape index (κ3) is 4.54. The van der Waals surface area contributed by atoms with Gasteiger partial charge in [-0.2, -0.15) is 0 Å². The van der Waals surface area contributed by atoms with Crippen LogP contribution in [0.3, 0.4) is 0 Å². The molecule has 0 saturated heterocycles. The lowest BCUT2D eigenvalue weighted by atomic mass is 10.2. The maximum absolute atomic E-state index is 12.7. The number of aromatic nitrogens is 2. The van der Waals surface area contributed by atoms with Crippen LogP contribution in [0.2, 0.25) is 5.02 Å². The Morgan fingerprint density at radius 3 is 2.40 bits per heavy atom. The number of hydrogen-bond donors (Lipinski definition) is 1. The number of rotatable bonds is 5. The molecule has 7 heteroatoms. The molecule has 1 N–H and O–H groups in total. The minimum Gasteiger partial charge on any atom is -0.461 e. The number of anilines is 1. The molecule has 25 heavy (non-hydrogen) atoms. The van der Waals surface area contributed by atoms with Gasteiger partial charge in [0, 0.05) is 10.7 Å². The van der Waals surface area contributed by atoms with Crippen molar-refractivity contribution < 1.29 is 14.3 Å². The van der Waals surface area contributed by atoms with Crippen LogP contribution in [-0.2, 0) is 4.74 Å². The Labute approximate surface area is 151 Å². The summed E-state index contributed by atoms with van der Waals surface area (Å²) in [6.45, 7) is 7.43. The van der Waals surface area contributed by atoms with Crippen molar-refractivity contribution in [2.45, 2.75) is 34.1 Å². The van der Waals surface area contributed by atoms with E-state index >= 15 is 0 Å². The van der Waals surface area contributed by atoms with Gasteiger partial charge in [-0.05, 0) is 44.9 Å². The van der Waals surface area contributed by atoms with Crippen molar-refractivity contribution in [2.24, 2.45) is 0 Å². The molecule has 0 bridgehead atoms. The van der Waals surface area contributed by atoms with Crippen molar-refractivity contribution in [1.82, 2.24) is 9.97 Å². The fourth-order valence-corrected chi connectivity index (χ4v) is 2.25. The average molecular weight is 362 g/mol. The molecule has 1 heterocycles. The van der Waals surface area contributed by atoms with E-state index in [1.807, 2.05) is 13.8 Å². The van der Waals surface area contributed by atoms with E-state index in [-0.39, 0.29) is 18.0 Å². The summed E-state index contributed by atoms with van der Waals surface area (Å²) in [7, 11) is 0. The van der Waals surface area contributed by atoms with Crippen molar-refractivity contribution in [3.8, 4) is 0 Å². The van der Waals surface area contributed by atoms with Crippen LogP contribution in [0.1, 0.15) is 51.3 Å². The number of halogens is 1. The predicted octanol–water partition coefficient (Wildman–Crippen LogP) is 3.87. The van der Waals surface area contributed by atoms with Crippen LogP contribution in [0.5, 0.6) is 0 Å². The first-order valence-corrected chi connectivity index (χ1v) is 8.31. The molecule has 1 aromatic heterocycles. The van der Waals surface area contributed by atoms with Crippen LogP contribution in [0.25, 0.3) is 0 Å². The van der Waals surface area contributed by atoms with Crippen molar-refractivity contribution >= 4 is 29.2 Å². The molecule has 2 rings (SSSR count). The molecule has 132 valence electrons. The first kappa shape index (κ1) is 18.9. The van der Waals surface area contributed by atoms with Gasteiger partial charge in [-0.15, -0.1) is 0 Å². The van der Waals surface area contributed by atoms with Gasteiger partial charge in [0.25, 0.3) is 5.91 Å². The first-order chi connectivity index (χ1) is 11.8. The minimum atomic E-state index is -0.662. The lowest BCUT2D eigenvalue weighted by Gasteiger charge is -2.12. The number of nitrogens with zero attached hydrogens (tertiary/aromatic N) is 2. The number of aryl methyl sites for hydroxylation is 3. The molecular formula is C18H20ClN3O3. The number of carbonyl (C=O) groups is 2. The Hall–Kier alpha value is -2.47. The quantitative estimate of drug-likeness (QED) is 0.817. The molecule has 0 spiro atoms. The highest BCUT2D eigenvalue weighted by Crippen LogP contribution is 2.21. The van der Waals surface area contributed by atoms with Crippen LogP contribution in [0.15, 0.2) is 18.2 Å². The maximum Gasteiger partial charge on any atom is 0.359 e. The van der Waals surface area contributed by atoms with Crippen molar-refractivity contribution in [2.75, 3.05) is 11.9 Å². The van der Waals surface area contributed by atoms with Crippen molar-refractivity contribution in [3.63, 3.8) is 0 Å². The molecule has 0 atom stereocenters. The molecule has 6 nitrogen and oxygen atoms in total. The highest BCUT2D eigenvalue weighted by molar-refractivity contribution is 6.31. The number of esters is 1. The van der Waals surface area contributed by atoms with E-state index < -0.39 is 11.9 Å². The summed E-state index contributed by atoms with van der Waals surface area (Å²) in [5, 5.41) is 3.23. The van der Waals surface area contributed by atoms with Gasteiger partial charge >= 0.3 is 5.97 Å². The molecule has 0 aliphatic carbocycles. The average Bonchev–Trinajstić information content (AvgIpc) is 2.57. The summed E-state index contributed by atoms with van der Waals surface area (Å²) in [6.07, 6.45) is 0.674. The molecule has 1 aromatic carbocycles. The van der Waals surface area contributed by atoms with E-state index in [0.717, 1.165) is 5.56 Å². The minimum absolute atomic E-state index is 0.0661. The molecular weight excluding hydrogens is 342 g/mol. The lowest BCUT2D eigenvalue weighted by Crippen LogP contribution is -2.23. The fourth-order valence-electron chi connectivity index (χ4n) is 2.08. The Morgan fingerprint density at radius 2 is 1.76 bits per heavy atom. The van der Waals surface area contributed by atoms with E-state index in [2.05, 4.69) is 15.3 Å². The fraction of sp³-hybridized carbons (Fsp3) is 0.333. The molecule has 0 aliphatic heterocycles. The molecule has 0 aliphatic rings. The van der Waals surface area contributed by atoms with Gasteiger partial charge in [-0.1, -0.05) is 24.6 Å². The van der Waals surface area contributed by atoms with E-state index in [1.54, 1.807) is 32.0 Å². The largest absolute Gasteiger partial charge is 0.461 e. The maximum atomic E-state index is 12.7. The van der Waals surface area contributed by atoms with Crippen LogP contribution < -0.4 is 5.32 Å². The predicted molar refractivity (Wildman–Crippen MR) is 96.2 cm³/mol. The SMILES string of the molecule is CCCOC(=O)c1nc(C)c(C)nc1C(=O)Nc1cc(Cl)ccc1C. The molecule has 1 amide bonds. The van der Waals surface area contributed by atoms with Gasteiger partial charge in [0.1, 0.15) is 0 Å². The Bertz CT molecular complexity index is 821. The lowest BCUT2D eigenvalue weighted by molar-refractivity contribution is 0.0494. The normalized spacial score (nSPS) is 10.4. The summed E-state index contributed by atoms with van der Waals surface area (Å²) < 4.78 is 5.11. The Kier molecular flexibility index (Phi) is 6.09. The van der Waals surface area contributed by atoms with Gasteiger partial charge in [-0.25, -0.2) is 14.8 Å². The highest BCUT2D eigenvalue weighted by Gasteiger charge is 2.23. The standard InChI is InChI=1S/C18H20ClN3O3/c1-5-8-25-18(24)16-15(20-11(3)12(4)21-16)17(23)22-14-9-13(19)7-6-10(14)2/h6-7,9H,5,8H2,1-4H3,(H,22,23). The summed E-state index contributed by atoms with van der Waals surface area (Å²) >= 11 is 5.98. The van der Waals surface area contributed by atoms with Crippen molar-refractivity contribution in [3.05, 3.63) is 51.6 Å². The van der Waals surface area contributed by atoms with Gasteiger partial charge in [0.15, 0.2) is 11.4 Å². The zero-order valence-electron chi connectivity index (χ0n) is 14.6. The second kappa shape index (κ2) is 8.07. The molecule has 0 fully saturated rings. The molecule has 2 aromatic rings. The van der Waals surface area contributed by atoms with Gasteiger partial charge < -0.3 is 10.1 Å². The second-order valence-corrected chi connectivity index (χ2v) is 6.08. The number of hydrogen-bond acceptors (Lipinski definition) is 5. The zero-order valence-corrected chi connectivity index (χ0v) is 15.4. The van der Waals surface area contributed by atoms with Crippen LogP contribution in [0, 0.1) is 20.8 Å². The molecule has 0 unspecified atom stereocenters. The molecule has 0 saturated carbocycles. The first-order valence-electron chi connectivity index (χ1n) is 7.93. The van der Waals surface area contributed by atoms with Gasteiger partial charge in [0.2, 0.25) is 0 Å². The highest BCUT2D eigenvalue weighted by atomic mass is 35.5. The number of amides is 1. The second-order valence-electron chi connectivity index (χ2n) is 5.64. The van der Waals surface area contributed by atoms with Crippen molar-refractivity contribution in [1.29, 1.82) is 0 Å². The third-order valence-corrected chi connectivity index (χ3v) is 3.84. The van der Waals surface area contributed by atoms with Gasteiger partial charge in [-0.3, -0.25) is 4.79 Å². The van der Waals surface area contributed by atoms with Crippen LogP contribution >= 0.6 is 11.6 Å². The van der Waals surface area contributed by atoms with E-state index in [4.69, 9.17) is 16.3 Å². The molecule has 0 radical (unpaired) electrons. The van der Waals surface area contributed by atoms with E-state index in [0.29, 0.717) is 28.5 Å². The number of benzene rings is 1. The number of nitrogens with one attached hydrogen (secondary N) is 1.